The van der Waals surface area contributed by atoms with Crippen LogP contribution in [-0.2, 0) is 9.47 Å². The van der Waals surface area contributed by atoms with E-state index in [1.54, 1.807) is 20.8 Å². The van der Waals surface area contributed by atoms with Crippen molar-refractivity contribution in [2.24, 2.45) is 0 Å². The molecule has 1 saturated heterocycles. The Morgan fingerprint density at radius 2 is 2.00 bits per heavy atom. The molecule has 1 amide bonds. The fraction of sp³-hybridized carbons (Fsp3) is 0.588. The summed E-state index contributed by atoms with van der Waals surface area (Å²) in [4.78, 5) is 37.4. The Bertz CT molecular complexity index is 710. The van der Waals surface area contributed by atoms with Crippen LogP contribution in [0.3, 0.4) is 0 Å². The van der Waals surface area contributed by atoms with Crippen molar-refractivity contribution in [2.75, 3.05) is 20.2 Å². The number of alkyl halides is 1. The normalized spacial score (nSPS) is 20.9. The lowest BCUT2D eigenvalue weighted by molar-refractivity contribution is 0.00647. The molecular weight excluding hydrogens is 331 g/mol. The van der Waals surface area contributed by atoms with Crippen molar-refractivity contribution in [1.82, 2.24) is 9.47 Å². The zero-order valence-electron chi connectivity index (χ0n) is 14.8. The first-order valence-corrected chi connectivity index (χ1v) is 8.05. The Labute approximate surface area is 145 Å². The summed E-state index contributed by atoms with van der Waals surface area (Å²) >= 11 is 0. The predicted molar refractivity (Wildman–Crippen MR) is 88.4 cm³/mol. The van der Waals surface area contributed by atoms with Gasteiger partial charge in [-0.3, -0.25) is 4.79 Å². The average molecular weight is 354 g/mol. The van der Waals surface area contributed by atoms with E-state index in [0.717, 1.165) is 0 Å². The van der Waals surface area contributed by atoms with Gasteiger partial charge in [-0.05, 0) is 39.3 Å². The fourth-order valence-corrected chi connectivity index (χ4v) is 2.73. The van der Waals surface area contributed by atoms with Crippen LogP contribution in [0.2, 0.25) is 0 Å². The first-order chi connectivity index (χ1) is 11.6. The molecule has 25 heavy (non-hydrogen) atoms. The zero-order chi connectivity index (χ0) is 18.8. The summed E-state index contributed by atoms with van der Waals surface area (Å²) in [5.74, 6) is -0.763. The lowest BCUT2D eigenvalue weighted by Crippen LogP contribution is -2.49. The molecule has 0 aromatic carbocycles. The highest BCUT2D eigenvalue weighted by atomic mass is 19.1. The molecule has 1 aliphatic rings. The molecule has 0 aliphatic carbocycles. The van der Waals surface area contributed by atoms with Gasteiger partial charge in [-0.2, -0.15) is 0 Å². The van der Waals surface area contributed by atoms with Crippen LogP contribution in [-0.4, -0.2) is 53.5 Å². The van der Waals surface area contributed by atoms with Crippen molar-refractivity contribution >= 4 is 12.1 Å². The molecular formula is C17H23FN2O5. The van der Waals surface area contributed by atoms with Crippen molar-refractivity contribution in [3.8, 4) is 0 Å². The fourth-order valence-electron chi connectivity index (χ4n) is 2.73. The summed E-state index contributed by atoms with van der Waals surface area (Å²) in [6.45, 7) is 5.30. The van der Waals surface area contributed by atoms with Gasteiger partial charge in [-0.1, -0.05) is 0 Å². The molecule has 0 N–H and O–H groups in total. The van der Waals surface area contributed by atoms with E-state index >= 15 is 0 Å². The molecule has 1 aliphatic heterocycles. The van der Waals surface area contributed by atoms with Gasteiger partial charge in [-0.15, -0.1) is 0 Å². The Morgan fingerprint density at radius 1 is 1.32 bits per heavy atom. The minimum Gasteiger partial charge on any atom is -0.465 e. The Morgan fingerprint density at radius 3 is 2.56 bits per heavy atom. The summed E-state index contributed by atoms with van der Waals surface area (Å²) in [5, 5.41) is 0. The third-order valence-electron chi connectivity index (χ3n) is 3.90. The first-order valence-electron chi connectivity index (χ1n) is 8.05. The second-order valence-corrected chi connectivity index (χ2v) is 6.92. The number of amides is 1. The number of piperidine rings is 1. The van der Waals surface area contributed by atoms with Crippen LogP contribution < -0.4 is 5.56 Å². The van der Waals surface area contributed by atoms with Gasteiger partial charge in [0.15, 0.2) is 0 Å². The van der Waals surface area contributed by atoms with Gasteiger partial charge < -0.3 is 18.9 Å². The van der Waals surface area contributed by atoms with Crippen molar-refractivity contribution < 1.29 is 23.5 Å². The quantitative estimate of drug-likeness (QED) is 0.761. The minimum atomic E-state index is -1.45. The number of hydrogen-bond donors (Lipinski definition) is 0. The number of likely N-dealkylation sites (tertiary alicyclic amines) is 1. The number of hydrogen-bond acceptors (Lipinski definition) is 5. The molecule has 2 heterocycles. The standard InChI is InChI=1S/C17H23FN2O5/c1-17(2,3)25-16(23)19-9-7-13(12(18)10-19)20-8-5-6-11(14(20)21)15(22)24-4/h5-6,8,12-13H,7,9-10H2,1-4H3/t12-,13+/m0/s1. The van der Waals surface area contributed by atoms with Gasteiger partial charge in [0.2, 0.25) is 0 Å². The number of methoxy groups -OCH3 is 1. The van der Waals surface area contributed by atoms with E-state index in [1.807, 2.05) is 0 Å². The monoisotopic (exact) mass is 354 g/mol. The summed E-state index contributed by atoms with van der Waals surface area (Å²) in [6.07, 6.45) is -0.351. The third-order valence-corrected chi connectivity index (χ3v) is 3.90. The molecule has 0 spiro atoms. The first kappa shape index (κ1) is 19.0. The van der Waals surface area contributed by atoms with Crippen molar-refractivity contribution in [3.63, 3.8) is 0 Å². The number of carbonyl (C=O) groups excluding carboxylic acids is 2. The largest absolute Gasteiger partial charge is 0.465 e. The Balaban J connectivity index is 2.16. The van der Waals surface area contributed by atoms with E-state index < -0.39 is 35.4 Å². The van der Waals surface area contributed by atoms with Crippen LogP contribution >= 0.6 is 0 Å². The molecule has 0 radical (unpaired) electrons. The number of rotatable bonds is 2. The molecule has 1 aromatic heterocycles. The minimum absolute atomic E-state index is 0.147. The van der Waals surface area contributed by atoms with Gasteiger partial charge >= 0.3 is 12.1 Å². The molecule has 0 unspecified atom stereocenters. The van der Waals surface area contributed by atoms with Crippen molar-refractivity contribution in [2.45, 2.75) is 45.0 Å². The highest BCUT2D eigenvalue weighted by Crippen LogP contribution is 2.25. The van der Waals surface area contributed by atoms with Gasteiger partial charge in [0.05, 0.1) is 19.7 Å². The lowest BCUT2D eigenvalue weighted by Gasteiger charge is -2.36. The van der Waals surface area contributed by atoms with Crippen molar-refractivity contribution in [3.05, 3.63) is 34.2 Å². The Kier molecular flexibility index (Phi) is 5.49. The van der Waals surface area contributed by atoms with Gasteiger partial charge in [0, 0.05) is 12.7 Å². The second kappa shape index (κ2) is 7.25. The van der Waals surface area contributed by atoms with E-state index in [1.165, 1.54) is 34.9 Å². The van der Waals surface area contributed by atoms with E-state index in [0.29, 0.717) is 0 Å². The number of carbonyl (C=O) groups is 2. The number of esters is 1. The summed E-state index contributed by atoms with van der Waals surface area (Å²) in [6, 6.07) is 2.09. The molecule has 8 heteroatoms. The van der Waals surface area contributed by atoms with Crippen LogP contribution in [0.5, 0.6) is 0 Å². The number of ether oxygens (including phenoxy) is 2. The van der Waals surface area contributed by atoms with E-state index in [2.05, 4.69) is 4.74 Å². The maximum Gasteiger partial charge on any atom is 0.410 e. The van der Waals surface area contributed by atoms with Gasteiger partial charge in [0.1, 0.15) is 17.3 Å². The molecule has 1 fully saturated rings. The molecule has 0 bridgehead atoms. The van der Waals surface area contributed by atoms with Crippen LogP contribution in [0.4, 0.5) is 9.18 Å². The highest BCUT2D eigenvalue weighted by molar-refractivity contribution is 5.88. The molecule has 0 saturated carbocycles. The predicted octanol–water partition coefficient (Wildman–Crippen LogP) is 2.15. The summed E-state index contributed by atoms with van der Waals surface area (Å²) < 4.78 is 25.7. The van der Waals surface area contributed by atoms with Crippen LogP contribution in [0.15, 0.2) is 23.1 Å². The number of halogens is 1. The number of aromatic nitrogens is 1. The smallest absolute Gasteiger partial charge is 0.410 e. The third kappa shape index (κ3) is 4.37. The topological polar surface area (TPSA) is 77.8 Å². The summed E-state index contributed by atoms with van der Waals surface area (Å²) in [5.41, 5.74) is -1.41. The second-order valence-electron chi connectivity index (χ2n) is 6.92. The highest BCUT2D eigenvalue weighted by Gasteiger charge is 2.35. The maximum atomic E-state index is 14.6. The van der Waals surface area contributed by atoms with Crippen LogP contribution in [0.25, 0.3) is 0 Å². The molecule has 1 aromatic rings. The average Bonchev–Trinajstić information content (AvgIpc) is 2.53. The van der Waals surface area contributed by atoms with Crippen LogP contribution in [0, 0.1) is 0 Å². The van der Waals surface area contributed by atoms with Crippen molar-refractivity contribution in [1.29, 1.82) is 0 Å². The van der Waals surface area contributed by atoms with Gasteiger partial charge in [-0.25, -0.2) is 14.0 Å². The SMILES string of the molecule is COC(=O)c1cccn([C@@H]2CCN(C(=O)OC(C)(C)C)C[C@@H]2F)c1=O. The maximum absolute atomic E-state index is 14.6. The molecule has 7 nitrogen and oxygen atoms in total. The van der Waals surface area contributed by atoms with Crippen LogP contribution in [0.1, 0.15) is 43.6 Å². The number of pyridine rings is 1. The van der Waals surface area contributed by atoms with E-state index in [9.17, 15) is 18.8 Å². The molecule has 138 valence electrons. The van der Waals surface area contributed by atoms with E-state index in [-0.39, 0.29) is 25.1 Å². The summed E-state index contributed by atoms with van der Waals surface area (Å²) in [7, 11) is 1.18. The lowest BCUT2D eigenvalue weighted by atomic mass is 10.0. The molecule has 2 atom stereocenters. The molecule has 2 rings (SSSR count). The Hall–Kier alpha value is -2.38. The van der Waals surface area contributed by atoms with E-state index in [4.69, 9.17) is 4.74 Å². The number of nitrogens with zero attached hydrogens (tertiary/aromatic N) is 2. The van der Waals surface area contributed by atoms with Gasteiger partial charge in [0.25, 0.3) is 5.56 Å². The zero-order valence-corrected chi connectivity index (χ0v) is 14.8.